The maximum atomic E-state index is 10.3. The van der Waals surface area contributed by atoms with Gasteiger partial charge in [0.25, 0.3) is 0 Å². The molecule has 2 aromatic heterocycles. The molecular formula is C11H16N6O3. The molecule has 108 valence electrons. The molecule has 9 nitrogen and oxygen atoms in total. The summed E-state index contributed by atoms with van der Waals surface area (Å²) in [7, 11) is 1.70. The zero-order chi connectivity index (χ0) is 14.3. The Morgan fingerprint density at radius 2 is 2.25 bits per heavy atom. The molecule has 1 fully saturated rings. The molecule has 3 rings (SSSR count). The van der Waals surface area contributed by atoms with E-state index in [1.165, 1.54) is 12.7 Å². The van der Waals surface area contributed by atoms with E-state index in [2.05, 4.69) is 20.3 Å². The normalized spacial score (nSPS) is 30.1. The molecule has 0 amide bonds. The smallest absolute Gasteiger partial charge is 0.167 e. The number of nitrogens with one attached hydrogen (secondary N) is 1. The number of aromatic nitrogens is 4. The topological polar surface area (TPSA) is 131 Å². The molecule has 2 aromatic rings. The number of nitrogens with zero attached hydrogens (tertiary/aromatic N) is 4. The van der Waals surface area contributed by atoms with Crippen molar-refractivity contribution in [3.05, 3.63) is 12.7 Å². The van der Waals surface area contributed by atoms with Crippen LogP contribution in [0, 0.1) is 0 Å². The lowest BCUT2D eigenvalue weighted by molar-refractivity contribution is -0.0489. The van der Waals surface area contributed by atoms with Crippen LogP contribution >= 0.6 is 0 Å². The Hall–Kier alpha value is -1.81. The van der Waals surface area contributed by atoms with E-state index in [-0.39, 0.29) is 18.5 Å². The van der Waals surface area contributed by atoms with E-state index < -0.39 is 18.4 Å². The molecule has 5 N–H and O–H groups in total. The highest BCUT2D eigenvalue weighted by molar-refractivity contribution is 5.81. The summed E-state index contributed by atoms with van der Waals surface area (Å²) in [5, 5.41) is 22.6. The number of imidazole rings is 1. The first-order valence-corrected chi connectivity index (χ1v) is 6.22. The summed E-state index contributed by atoms with van der Waals surface area (Å²) < 4.78 is 7.27. The number of hydrogen-bond donors (Lipinski definition) is 4. The van der Waals surface area contributed by atoms with E-state index in [0.717, 1.165) is 0 Å². The zero-order valence-electron chi connectivity index (χ0n) is 10.8. The van der Waals surface area contributed by atoms with Crippen molar-refractivity contribution < 1.29 is 14.9 Å². The maximum Gasteiger partial charge on any atom is 0.167 e. The van der Waals surface area contributed by atoms with Crippen molar-refractivity contribution in [3.8, 4) is 0 Å². The van der Waals surface area contributed by atoms with Crippen LogP contribution in [0.15, 0.2) is 12.7 Å². The third-order valence-corrected chi connectivity index (χ3v) is 3.55. The first-order chi connectivity index (χ1) is 9.67. The van der Waals surface area contributed by atoms with Crippen LogP contribution in [0.5, 0.6) is 0 Å². The van der Waals surface area contributed by atoms with Crippen LogP contribution in [0.4, 0.5) is 5.82 Å². The molecule has 1 aliphatic rings. The van der Waals surface area contributed by atoms with Crippen molar-refractivity contribution in [3.63, 3.8) is 0 Å². The molecule has 0 radical (unpaired) electrons. The molecule has 0 saturated carbocycles. The predicted molar refractivity (Wildman–Crippen MR) is 69.6 cm³/mol. The van der Waals surface area contributed by atoms with E-state index in [1.807, 2.05) is 0 Å². The maximum absolute atomic E-state index is 10.3. The predicted octanol–water partition coefficient (Wildman–Crippen LogP) is -1.75. The van der Waals surface area contributed by atoms with E-state index in [1.54, 1.807) is 11.6 Å². The molecule has 0 spiro atoms. The van der Waals surface area contributed by atoms with Crippen LogP contribution in [-0.4, -0.2) is 61.6 Å². The van der Waals surface area contributed by atoms with Crippen LogP contribution in [0.2, 0.25) is 0 Å². The molecule has 3 heterocycles. The Morgan fingerprint density at radius 3 is 2.90 bits per heavy atom. The monoisotopic (exact) mass is 280 g/mol. The van der Waals surface area contributed by atoms with Gasteiger partial charge in [-0.25, -0.2) is 15.0 Å². The number of rotatable bonds is 3. The van der Waals surface area contributed by atoms with Gasteiger partial charge in [0.1, 0.15) is 24.1 Å². The highest BCUT2D eigenvalue weighted by Crippen LogP contribution is 2.31. The summed E-state index contributed by atoms with van der Waals surface area (Å²) in [6, 6.07) is -0.373. The van der Waals surface area contributed by atoms with Crippen LogP contribution in [-0.2, 0) is 4.74 Å². The number of hydrogen-bond acceptors (Lipinski definition) is 8. The number of nitrogens with two attached hydrogens (primary N) is 1. The van der Waals surface area contributed by atoms with Crippen LogP contribution in [0.25, 0.3) is 11.2 Å². The minimum absolute atomic E-state index is 0.192. The number of fused-ring (bicyclic) bond motifs is 1. The second-order valence-corrected chi connectivity index (χ2v) is 4.64. The molecule has 1 aliphatic heterocycles. The highest BCUT2D eigenvalue weighted by atomic mass is 16.5. The van der Waals surface area contributed by atoms with Crippen LogP contribution in [0.3, 0.4) is 0 Å². The molecular weight excluding hydrogens is 264 g/mol. The summed E-state index contributed by atoms with van der Waals surface area (Å²) in [5.41, 5.74) is 6.66. The Kier molecular flexibility index (Phi) is 3.26. The SMILES string of the molecule is CNC1C(CO)OC(n2cnc3c(N)ncnc32)C1O. The number of aliphatic hydroxyl groups is 2. The molecule has 20 heavy (non-hydrogen) atoms. The summed E-state index contributed by atoms with van der Waals surface area (Å²) in [6.07, 6.45) is 0.790. The van der Waals surface area contributed by atoms with E-state index in [0.29, 0.717) is 11.2 Å². The lowest BCUT2D eigenvalue weighted by atomic mass is 10.1. The first kappa shape index (κ1) is 13.2. The Bertz CT molecular complexity index is 617. The second-order valence-electron chi connectivity index (χ2n) is 4.64. The van der Waals surface area contributed by atoms with Gasteiger partial charge in [0.05, 0.1) is 19.0 Å². The average molecular weight is 280 g/mol. The van der Waals surface area contributed by atoms with Gasteiger partial charge in [0.2, 0.25) is 0 Å². The van der Waals surface area contributed by atoms with Gasteiger partial charge in [-0.05, 0) is 7.05 Å². The highest BCUT2D eigenvalue weighted by Gasteiger charge is 2.44. The standard InChI is InChI=1S/C11H16N6O3/c1-13-6-5(2-18)20-11(8(6)19)17-4-16-7-9(12)14-3-15-10(7)17/h3-6,8,11,13,18-19H,2H2,1H3,(H2,12,14,15). The van der Waals surface area contributed by atoms with E-state index in [4.69, 9.17) is 10.5 Å². The fraction of sp³-hybridized carbons (Fsp3) is 0.545. The quantitative estimate of drug-likeness (QED) is 0.520. The minimum atomic E-state index is -0.842. The van der Waals surface area contributed by atoms with Crippen molar-refractivity contribution in [2.45, 2.75) is 24.5 Å². The van der Waals surface area contributed by atoms with Crippen molar-refractivity contribution >= 4 is 17.0 Å². The van der Waals surface area contributed by atoms with Gasteiger partial charge < -0.3 is 26.0 Å². The fourth-order valence-electron chi connectivity index (χ4n) is 2.54. The van der Waals surface area contributed by atoms with E-state index in [9.17, 15) is 10.2 Å². The van der Waals surface area contributed by atoms with Crippen molar-refractivity contribution in [2.24, 2.45) is 0 Å². The van der Waals surface area contributed by atoms with Gasteiger partial charge in [-0.3, -0.25) is 4.57 Å². The first-order valence-electron chi connectivity index (χ1n) is 6.22. The average Bonchev–Trinajstić information content (AvgIpc) is 3.00. The van der Waals surface area contributed by atoms with Gasteiger partial charge >= 0.3 is 0 Å². The molecule has 0 aromatic carbocycles. The van der Waals surface area contributed by atoms with Crippen molar-refractivity contribution in [2.75, 3.05) is 19.4 Å². The lowest BCUT2D eigenvalue weighted by Gasteiger charge is -2.18. The Labute approximate surface area is 114 Å². The molecule has 0 bridgehead atoms. The summed E-state index contributed by atoms with van der Waals surface area (Å²) in [4.78, 5) is 12.1. The molecule has 4 atom stereocenters. The van der Waals surface area contributed by atoms with Gasteiger partial charge in [0, 0.05) is 0 Å². The van der Waals surface area contributed by atoms with E-state index >= 15 is 0 Å². The molecule has 9 heteroatoms. The second kappa shape index (κ2) is 4.94. The van der Waals surface area contributed by atoms with Gasteiger partial charge in [-0.15, -0.1) is 0 Å². The number of anilines is 1. The molecule has 1 saturated heterocycles. The Morgan fingerprint density at radius 1 is 1.45 bits per heavy atom. The zero-order valence-corrected chi connectivity index (χ0v) is 10.8. The summed E-state index contributed by atoms with van der Waals surface area (Å²) >= 11 is 0. The number of ether oxygens (including phenoxy) is 1. The van der Waals surface area contributed by atoms with Crippen molar-refractivity contribution in [1.82, 2.24) is 24.8 Å². The summed E-state index contributed by atoms with van der Waals surface area (Å²) in [5.74, 6) is 0.269. The van der Waals surface area contributed by atoms with Crippen LogP contribution in [0.1, 0.15) is 6.23 Å². The van der Waals surface area contributed by atoms with Crippen LogP contribution < -0.4 is 11.1 Å². The lowest BCUT2D eigenvalue weighted by Crippen LogP contribution is -2.43. The largest absolute Gasteiger partial charge is 0.394 e. The molecule has 0 aliphatic carbocycles. The molecule has 4 unspecified atom stereocenters. The van der Waals surface area contributed by atoms with Crippen molar-refractivity contribution in [1.29, 1.82) is 0 Å². The fourth-order valence-corrected chi connectivity index (χ4v) is 2.54. The summed E-state index contributed by atoms with van der Waals surface area (Å²) in [6.45, 7) is -0.192. The number of aliphatic hydroxyl groups excluding tert-OH is 2. The van der Waals surface area contributed by atoms with Gasteiger partial charge in [0.15, 0.2) is 17.7 Å². The third kappa shape index (κ3) is 1.83. The number of nitrogen functional groups attached to an aromatic ring is 1. The number of likely N-dealkylation sites (N-methyl/N-ethyl adjacent to an activating group) is 1. The minimum Gasteiger partial charge on any atom is -0.394 e. The van der Waals surface area contributed by atoms with Gasteiger partial charge in [-0.2, -0.15) is 0 Å². The Balaban J connectivity index is 2.01. The van der Waals surface area contributed by atoms with Gasteiger partial charge in [-0.1, -0.05) is 0 Å². The third-order valence-electron chi connectivity index (χ3n) is 3.55.